The Bertz CT molecular complexity index is 1880. The zero-order chi connectivity index (χ0) is 34.3. The highest BCUT2D eigenvalue weighted by Gasteiger charge is 2.29. The summed E-state index contributed by atoms with van der Waals surface area (Å²) in [7, 11) is 3.92. The summed E-state index contributed by atoms with van der Waals surface area (Å²) in [6.07, 6.45) is 9.53. The number of nitrogens with zero attached hydrogens (tertiary/aromatic N) is 5. The number of hydrogen-bond donors (Lipinski definition) is 5. The predicted molar refractivity (Wildman–Crippen MR) is 197 cm³/mol. The smallest absolute Gasteiger partial charge is 0.248 e. The van der Waals surface area contributed by atoms with Crippen molar-refractivity contribution in [3.8, 4) is 11.3 Å². The largest absolute Gasteiger partial charge is 0.391 e. The minimum atomic E-state index is -0.419. The number of allylic oxidation sites excluding steroid dienone is 2. The Balaban J connectivity index is 1.27. The van der Waals surface area contributed by atoms with Crippen LogP contribution in [0.15, 0.2) is 106 Å². The molecule has 1 aromatic heterocycles. The van der Waals surface area contributed by atoms with E-state index in [0.717, 1.165) is 57.6 Å². The predicted octanol–water partition coefficient (Wildman–Crippen LogP) is 4.19. The van der Waals surface area contributed by atoms with E-state index in [1.807, 2.05) is 78.6 Å². The van der Waals surface area contributed by atoms with Crippen LogP contribution in [0.1, 0.15) is 25.8 Å². The number of amides is 1. The highest BCUT2D eigenvalue weighted by atomic mass is 16.3. The SMILES string of the molecule is CC(C)C1=C2NC(=NC[C@H]3CCNC[C@@H]3O)NC(=NCc3ccccc3-c3nccc4cc(NC(=O)/C=C/CN(C)C)ccc34)N2C=C=C1. The third kappa shape index (κ3) is 8.16. The average molecular weight is 660 g/mol. The summed E-state index contributed by atoms with van der Waals surface area (Å²) in [6.45, 7) is 7.37. The van der Waals surface area contributed by atoms with Crippen molar-refractivity contribution in [3.63, 3.8) is 0 Å². The summed E-state index contributed by atoms with van der Waals surface area (Å²) >= 11 is 0. The number of aromatic nitrogens is 1. The number of aliphatic hydroxyl groups excluding tert-OH is 1. The number of aliphatic imine (C=N–C) groups is 2. The second kappa shape index (κ2) is 15.4. The number of likely N-dealkylation sites (N-methyl/N-ethyl adjacent to an activating group) is 1. The molecule has 0 radical (unpaired) electrons. The molecule has 0 unspecified atom stereocenters. The number of guanidine groups is 2. The maximum atomic E-state index is 12.5. The second-order valence-corrected chi connectivity index (χ2v) is 13.1. The number of carbonyl (C=O) groups is 1. The van der Waals surface area contributed by atoms with Gasteiger partial charge in [0.15, 0.2) is 0 Å². The van der Waals surface area contributed by atoms with E-state index in [0.29, 0.717) is 38.1 Å². The van der Waals surface area contributed by atoms with Crippen LogP contribution >= 0.6 is 0 Å². The molecule has 0 spiro atoms. The fourth-order valence-corrected chi connectivity index (χ4v) is 6.11. The van der Waals surface area contributed by atoms with Crippen molar-refractivity contribution in [3.05, 3.63) is 102 Å². The van der Waals surface area contributed by atoms with Gasteiger partial charge in [0.25, 0.3) is 0 Å². The highest BCUT2D eigenvalue weighted by Crippen LogP contribution is 2.31. The lowest BCUT2D eigenvalue weighted by molar-refractivity contribution is -0.111. The molecule has 254 valence electrons. The molecule has 11 heteroatoms. The lowest BCUT2D eigenvalue weighted by Gasteiger charge is -2.35. The zero-order valence-corrected chi connectivity index (χ0v) is 28.6. The van der Waals surface area contributed by atoms with E-state index in [2.05, 4.69) is 53.0 Å². The Morgan fingerprint density at radius 2 is 2.04 bits per heavy atom. The van der Waals surface area contributed by atoms with Crippen molar-refractivity contribution in [2.75, 3.05) is 45.6 Å². The van der Waals surface area contributed by atoms with Crippen LogP contribution in [0, 0.1) is 11.8 Å². The first-order valence-corrected chi connectivity index (χ1v) is 16.8. The maximum absolute atomic E-state index is 12.5. The standard InChI is InChI=1S/C38H45N9O2/c1-25(2)30-11-7-20-47-36(30)44-37(41-23-28-15-17-39-24-33(28)48)45-38(47)42-22-27-9-5-6-10-31(27)35-32-14-13-29(21-26(32)16-18-40-35)43-34(49)12-8-19-46(3)4/h5-6,8-14,16,18,20-21,25,28,33,39,48H,15,17,19,22-24H2,1-4H3,(H,43,49)(H2,41,42,44,45)/b12-8+/t28-,33+/m1/s1. The number of carbonyl (C=O) groups excluding carboxylic acids is 1. The molecule has 1 amide bonds. The van der Waals surface area contributed by atoms with E-state index in [9.17, 15) is 9.90 Å². The number of β-amino-alcohol motifs (C(OH)–C–C–N with tert-alkyl or cyclic N) is 1. The molecule has 3 aliphatic rings. The van der Waals surface area contributed by atoms with Crippen LogP contribution in [-0.4, -0.2) is 84.1 Å². The highest BCUT2D eigenvalue weighted by molar-refractivity contribution is 6.04. The van der Waals surface area contributed by atoms with Crippen LogP contribution < -0.4 is 21.3 Å². The number of piperidine rings is 1. The Morgan fingerprint density at radius 3 is 2.86 bits per heavy atom. The summed E-state index contributed by atoms with van der Waals surface area (Å²) < 4.78 is 0. The number of anilines is 1. The summed E-state index contributed by atoms with van der Waals surface area (Å²) in [4.78, 5) is 31.2. The number of hydrogen-bond acceptors (Lipinski definition) is 7. The monoisotopic (exact) mass is 659 g/mol. The van der Waals surface area contributed by atoms with Crippen LogP contribution in [0.4, 0.5) is 5.69 Å². The number of aliphatic hydroxyl groups is 1. The van der Waals surface area contributed by atoms with Crippen molar-refractivity contribution < 1.29 is 9.90 Å². The molecule has 11 nitrogen and oxygen atoms in total. The molecule has 0 bridgehead atoms. The number of benzene rings is 2. The number of pyridine rings is 1. The van der Waals surface area contributed by atoms with E-state index in [1.54, 1.807) is 12.3 Å². The molecule has 2 atom stereocenters. The van der Waals surface area contributed by atoms with E-state index < -0.39 is 6.10 Å². The zero-order valence-electron chi connectivity index (χ0n) is 28.6. The average Bonchev–Trinajstić information content (AvgIpc) is 3.09. The molecule has 5 N–H and O–H groups in total. The van der Waals surface area contributed by atoms with Crippen LogP contribution in [0.2, 0.25) is 0 Å². The van der Waals surface area contributed by atoms with E-state index in [4.69, 9.17) is 15.0 Å². The van der Waals surface area contributed by atoms with E-state index in [1.165, 1.54) is 0 Å². The van der Waals surface area contributed by atoms with Gasteiger partial charge in [0.2, 0.25) is 17.8 Å². The Morgan fingerprint density at radius 1 is 1.18 bits per heavy atom. The molecule has 3 aromatic rings. The third-order valence-electron chi connectivity index (χ3n) is 8.79. The first-order chi connectivity index (χ1) is 23.8. The first kappa shape index (κ1) is 33.8. The van der Waals surface area contributed by atoms with E-state index >= 15 is 0 Å². The second-order valence-electron chi connectivity index (χ2n) is 13.1. The van der Waals surface area contributed by atoms with Crippen LogP contribution in [-0.2, 0) is 11.3 Å². The summed E-state index contributed by atoms with van der Waals surface area (Å²) in [5, 5.41) is 25.5. The minimum absolute atomic E-state index is 0.0952. The van der Waals surface area contributed by atoms with Gasteiger partial charge in [0, 0.05) is 60.0 Å². The molecule has 0 aliphatic carbocycles. The van der Waals surface area contributed by atoms with Crippen molar-refractivity contribution >= 4 is 34.3 Å². The van der Waals surface area contributed by atoms with Gasteiger partial charge < -0.3 is 26.0 Å². The Hall–Kier alpha value is -5.06. The molecular weight excluding hydrogens is 614 g/mol. The van der Waals surface area contributed by atoms with Gasteiger partial charge in [-0.2, -0.15) is 0 Å². The molecule has 2 fully saturated rings. The molecule has 2 aromatic carbocycles. The van der Waals surface area contributed by atoms with Gasteiger partial charge in [0.05, 0.1) is 24.5 Å². The van der Waals surface area contributed by atoms with Gasteiger partial charge in [-0.3, -0.25) is 25.0 Å². The Kier molecular flexibility index (Phi) is 10.7. The molecule has 0 saturated carbocycles. The molecule has 2 saturated heterocycles. The lowest BCUT2D eigenvalue weighted by Crippen LogP contribution is -2.56. The molecular formula is C38H45N9O2. The number of rotatable bonds is 10. The van der Waals surface area contributed by atoms with E-state index in [-0.39, 0.29) is 17.7 Å². The lowest BCUT2D eigenvalue weighted by atomic mass is 9.95. The molecule has 49 heavy (non-hydrogen) atoms. The fraction of sp³-hybridized carbons (Fsp3) is 0.342. The third-order valence-corrected chi connectivity index (χ3v) is 8.79. The molecule has 4 heterocycles. The Labute approximate surface area is 287 Å². The number of nitrogens with one attached hydrogen (secondary N) is 4. The minimum Gasteiger partial charge on any atom is -0.391 e. The first-order valence-electron chi connectivity index (χ1n) is 16.8. The van der Waals surface area contributed by atoms with Crippen LogP contribution in [0.5, 0.6) is 0 Å². The normalized spacial score (nSPS) is 20.8. The van der Waals surface area contributed by atoms with Gasteiger partial charge in [0.1, 0.15) is 5.82 Å². The topological polar surface area (TPSA) is 130 Å². The van der Waals surface area contributed by atoms with Crippen molar-refractivity contribution in [2.45, 2.75) is 32.9 Å². The summed E-state index contributed by atoms with van der Waals surface area (Å²) in [5.41, 5.74) is 7.94. The van der Waals surface area contributed by atoms with Gasteiger partial charge in [-0.05, 0) is 68.2 Å². The van der Waals surface area contributed by atoms with Crippen molar-refractivity contribution in [1.29, 1.82) is 0 Å². The van der Waals surface area contributed by atoms with Gasteiger partial charge in [-0.15, -0.1) is 5.73 Å². The van der Waals surface area contributed by atoms with Gasteiger partial charge in [-0.25, -0.2) is 4.99 Å². The summed E-state index contributed by atoms with van der Waals surface area (Å²) in [5.74, 6) is 2.33. The molecule has 6 rings (SSSR count). The van der Waals surface area contributed by atoms with Gasteiger partial charge in [-0.1, -0.05) is 50.3 Å². The quantitative estimate of drug-likeness (QED) is 0.162. The van der Waals surface area contributed by atoms with Crippen LogP contribution in [0.25, 0.3) is 22.0 Å². The fourth-order valence-electron chi connectivity index (χ4n) is 6.11. The maximum Gasteiger partial charge on any atom is 0.248 e. The number of fused-ring (bicyclic) bond motifs is 2. The molecule has 3 aliphatic heterocycles. The van der Waals surface area contributed by atoms with Crippen molar-refractivity contribution in [1.82, 2.24) is 30.7 Å². The van der Waals surface area contributed by atoms with Gasteiger partial charge >= 0.3 is 0 Å². The van der Waals surface area contributed by atoms with Crippen LogP contribution in [0.3, 0.4) is 0 Å². The van der Waals surface area contributed by atoms with Crippen molar-refractivity contribution in [2.24, 2.45) is 21.8 Å². The summed E-state index contributed by atoms with van der Waals surface area (Å²) in [6, 6.07) is 16.0.